The summed E-state index contributed by atoms with van der Waals surface area (Å²) in [5.74, 6) is -1.05. The van der Waals surface area contributed by atoms with E-state index in [0.29, 0.717) is 32.8 Å². The molecule has 0 radical (unpaired) electrons. The van der Waals surface area contributed by atoms with Crippen LogP contribution in [0.25, 0.3) is 22.4 Å². The molecule has 8 nitrogen and oxygen atoms in total. The van der Waals surface area contributed by atoms with Crippen LogP contribution in [0.1, 0.15) is 33.9 Å². The van der Waals surface area contributed by atoms with Gasteiger partial charge in [-0.3, -0.25) is 25.2 Å². The highest BCUT2D eigenvalue weighted by molar-refractivity contribution is 7.12. The number of para-hydroxylation sites is 1. The minimum atomic E-state index is -0.826. The summed E-state index contributed by atoms with van der Waals surface area (Å²) in [7, 11) is 0. The number of hydrogen-bond donors (Lipinski definition) is 3. The summed E-state index contributed by atoms with van der Waals surface area (Å²) in [5.41, 5.74) is 6.34. The minimum Gasteiger partial charge on any atom is -0.463 e. The summed E-state index contributed by atoms with van der Waals surface area (Å²) in [6.07, 6.45) is 1.53. The molecule has 168 valence electrons. The zero-order valence-electron chi connectivity index (χ0n) is 18.0. The second-order valence-corrected chi connectivity index (χ2v) is 8.61. The number of benzene rings is 1. The monoisotopic (exact) mass is 462 g/mol. The van der Waals surface area contributed by atoms with Crippen LogP contribution in [0.5, 0.6) is 0 Å². The Balaban J connectivity index is 1.52. The molecule has 3 N–H and O–H groups in total. The summed E-state index contributed by atoms with van der Waals surface area (Å²) in [6, 6.07) is 14.9. The molecule has 0 saturated carbocycles. The lowest BCUT2D eigenvalue weighted by Crippen LogP contribution is -2.54. The van der Waals surface area contributed by atoms with Gasteiger partial charge in [-0.15, -0.1) is 11.3 Å². The van der Waals surface area contributed by atoms with Crippen LogP contribution < -0.4 is 16.2 Å². The third-order valence-electron chi connectivity index (χ3n) is 5.01. The first kappa shape index (κ1) is 22.2. The topological polar surface area (TPSA) is 113 Å². The highest BCUT2D eigenvalue weighted by atomic mass is 32.1. The van der Waals surface area contributed by atoms with E-state index in [2.05, 4.69) is 21.2 Å². The number of carbonyl (C=O) groups is 3. The average molecular weight is 463 g/mol. The molecule has 0 saturated heterocycles. The molecule has 1 unspecified atom stereocenters. The molecule has 0 bridgehead atoms. The van der Waals surface area contributed by atoms with E-state index in [1.807, 2.05) is 19.9 Å². The van der Waals surface area contributed by atoms with Gasteiger partial charge in [0.25, 0.3) is 17.7 Å². The van der Waals surface area contributed by atoms with Gasteiger partial charge in [0.2, 0.25) is 0 Å². The van der Waals surface area contributed by atoms with Crippen molar-refractivity contribution < 1.29 is 18.8 Å². The molecule has 0 fully saturated rings. The van der Waals surface area contributed by atoms with Crippen LogP contribution in [-0.2, 0) is 4.79 Å². The first-order valence-electron chi connectivity index (χ1n) is 10.3. The largest absolute Gasteiger partial charge is 0.463 e. The molecule has 3 amide bonds. The molecule has 0 aliphatic carbocycles. The van der Waals surface area contributed by atoms with Crippen molar-refractivity contribution in [3.63, 3.8) is 0 Å². The second-order valence-electron chi connectivity index (χ2n) is 7.67. The summed E-state index contributed by atoms with van der Waals surface area (Å²) >= 11 is 1.29. The van der Waals surface area contributed by atoms with E-state index in [1.54, 1.807) is 53.9 Å². The van der Waals surface area contributed by atoms with Crippen molar-refractivity contribution in [1.82, 2.24) is 21.2 Å². The molecule has 0 aliphatic heterocycles. The number of nitrogens with one attached hydrogen (secondary N) is 3. The maximum Gasteiger partial charge on any atom is 0.270 e. The number of hydrazine groups is 1. The SMILES string of the molecule is CC(C)C(NC(=O)c1cccs1)C(=O)NNC(=O)c1cc(-c2ccco2)nc2ccccc12. The van der Waals surface area contributed by atoms with E-state index in [-0.39, 0.29) is 11.8 Å². The number of carbonyl (C=O) groups excluding carboxylic acids is 3. The highest BCUT2D eigenvalue weighted by Crippen LogP contribution is 2.25. The number of hydrogen-bond acceptors (Lipinski definition) is 6. The number of thiophene rings is 1. The second kappa shape index (κ2) is 9.66. The Labute approximate surface area is 194 Å². The molecule has 9 heteroatoms. The maximum atomic E-state index is 13.0. The van der Waals surface area contributed by atoms with E-state index in [0.717, 1.165) is 0 Å². The van der Waals surface area contributed by atoms with E-state index in [9.17, 15) is 14.4 Å². The lowest BCUT2D eigenvalue weighted by atomic mass is 10.0. The Bertz CT molecular complexity index is 1280. The first-order chi connectivity index (χ1) is 15.9. The number of amides is 3. The van der Waals surface area contributed by atoms with Crippen molar-refractivity contribution in [1.29, 1.82) is 0 Å². The van der Waals surface area contributed by atoms with Crippen molar-refractivity contribution >= 4 is 40.0 Å². The number of fused-ring (bicyclic) bond motifs is 1. The van der Waals surface area contributed by atoms with Crippen LogP contribution in [-0.4, -0.2) is 28.7 Å². The Morgan fingerprint density at radius 1 is 0.970 bits per heavy atom. The molecule has 1 aromatic carbocycles. The van der Waals surface area contributed by atoms with E-state index >= 15 is 0 Å². The summed E-state index contributed by atoms with van der Waals surface area (Å²) in [5, 5.41) is 5.14. The molecular formula is C24H22N4O4S. The number of pyridine rings is 1. The van der Waals surface area contributed by atoms with Crippen molar-refractivity contribution in [2.75, 3.05) is 0 Å². The van der Waals surface area contributed by atoms with Crippen molar-refractivity contribution in [3.05, 3.63) is 76.7 Å². The zero-order valence-corrected chi connectivity index (χ0v) is 18.8. The van der Waals surface area contributed by atoms with Gasteiger partial charge in [-0.1, -0.05) is 38.1 Å². The van der Waals surface area contributed by atoms with Gasteiger partial charge >= 0.3 is 0 Å². The van der Waals surface area contributed by atoms with Crippen LogP contribution in [0.3, 0.4) is 0 Å². The Hall–Kier alpha value is -3.98. The normalized spacial score (nSPS) is 11.8. The predicted octanol–water partition coefficient (Wildman–Crippen LogP) is 3.77. The van der Waals surface area contributed by atoms with E-state index < -0.39 is 17.9 Å². The lowest BCUT2D eigenvalue weighted by molar-refractivity contribution is -0.124. The summed E-state index contributed by atoms with van der Waals surface area (Å²) < 4.78 is 5.42. The first-order valence-corrected chi connectivity index (χ1v) is 11.2. The lowest BCUT2D eigenvalue weighted by Gasteiger charge is -2.21. The third-order valence-corrected chi connectivity index (χ3v) is 5.88. The molecule has 0 aliphatic rings. The Morgan fingerprint density at radius 3 is 2.48 bits per heavy atom. The van der Waals surface area contributed by atoms with Crippen molar-refractivity contribution in [2.45, 2.75) is 19.9 Å². The molecular weight excluding hydrogens is 440 g/mol. The fourth-order valence-electron chi connectivity index (χ4n) is 3.33. The molecule has 4 rings (SSSR count). The molecule has 3 heterocycles. The predicted molar refractivity (Wildman–Crippen MR) is 125 cm³/mol. The Kier molecular flexibility index (Phi) is 6.50. The van der Waals surface area contributed by atoms with Crippen molar-refractivity contribution in [2.24, 2.45) is 5.92 Å². The van der Waals surface area contributed by atoms with Gasteiger partial charge < -0.3 is 9.73 Å². The fraction of sp³-hybridized carbons (Fsp3) is 0.167. The van der Waals surface area contributed by atoms with Crippen LogP contribution >= 0.6 is 11.3 Å². The Morgan fingerprint density at radius 2 is 1.79 bits per heavy atom. The molecule has 0 spiro atoms. The number of furan rings is 1. The van der Waals surface area contributed by atoms with Gasteiger partial charge in [-0.05, 0) is 41.6 Å². The standard InChI is InChI=1S/C24H22N4O4S/c1-14(2)21(26-23(30)20-10-6-12-33-20)24(31)28-27-22(29)16-13-18(19-9-5-11-32-19)25-17-8-4-3-7-15(16)17/h3-14,21H,1-2H3,(H,26,30)(H,27,29)(H,28,31). The van der Waals surface area contributed by atoms with Gasteiger partial charge in [0.15, 0.2) is 5.76 Å². The van der Waals surface area contributed by atoms with Gasteiger partial charge in [0, 0.05) is 5.39 Å². The van der Waals surface area contributed by atoms with Gasteiger partial charge in [-0.2, -0.15) is 0 Å². The van der Waals surface area contributed by atoms with Gasteiger partial charge in [0.1, 0.15) is 11.7 Å². The number of rotatable bonds is 6. The molecule has 3 aromatic heterocycles. The third kappa shape index (κ3) is 4.93. The average Bonchev–Trinajstić information content (AvgIpc) is 3.54. The van der Waals surface area contributed by atoms with Crippen LogP contribution in [0, 0.1) is 5.92 Å². The maximum absolute atomic E-state index is 13.0. The van der Waals surface area contributed by atoms with E-state index in [4.69, 9.17) is 4.42 Å². The fourth-order valence-corrected chi connectivity index (χ4v) is 3.96. The highest BCUT2D eigenvalue weighted by Gasteiger charge is 2.26. The van der Waals surface area contributed by atoms with Crippen LogP contribution in [0.2, 0.25) is 0 Å². The van der Waals surface area contributed by atoms with Gasteiger partial charge in [-0.25, -0.2) is 4.98 Å². The molecule has 4 aromatic rings. The summed E-state index contributed by atoms with van der Waals surface area (Å²) in [4.78, 5) is 43.3. The van der Waals surface area contributed by atoms with E-state index in [1.165, 1.54) is 17.6 Å². The van der Waals surface area contributed by atoms with Crippen LogP contribution in [0.4, 0.5) is 0 Å². The number of aromatic nitrogens is 1. The molecule has 1 atom stereocenters. The molecule has 33 heavy (non-hydrogen) atoms. The van der Waals surface area contributed by atoms with Crippen molar-refractivity contribution in [3.8, 4) is 11.5 Å². The zero-order chi connectivity index (χ0) is 23.4. The number of nitrogens with zero attached hydrogens (tertiary/aromatic N) is 1. The van der Waals surface area contributed by atoms with Crippen LogP contribution in [0.15, 0.2) is 70.7 Å². The summed E-state index contributed by atoms with van der Waals surface area (Å²) in [6.45, 7) is 3.62. The smallest absolute Gasteiger partial charge is 0.270 e. The minimum absolute atomic E-state index is 0.196. The van der Waals surface area contributed by atoms with Gasteiger partial charge in [0.05, 0.1) is 22.2 Å². The quantitative estimate of drug-likeness (QED) is 0.378.